The topological polar surface area (TPSA) is 12.5 Å². The number of hydrogen-bond donors (Lipinski definition) is 0. The Kier molecular flexibility index (Phi) is 8.32. The molecule has 1 spiro atoms. The number of benzene rings is 7. The van der Waals surface area contributed by atoms with Gasteiger partial charge in [-0.1, -0.05) is 173 Å². The van der Waals surface area contributed by atoms with Crippen LogP contribution >= 0.6 is 0 Å². The van der Waals surface area contributed by atoms with Crippen molar-refractivity contribution in [1.82, 2.24) is 0 Å². The molecule has 3 aliphatic heterocycles. The van der Waals surface area contributed by atoms with Crippen molar-refractivity contribution in [2.75, 3.05) is 4.90 Å². The second-order valence-corrected chi connectivity index (χ2v) is 21.2. The van der Waals surface area contributed by atoms with Gasteiger partial charge in [-0.2, -0.15) is 0 Å². The van der Waals surface area contributed by atoms with E-state index in [0.717, 1.165) is 17.2 Å². The first-order chi connectivity index (χ1) is 27.6. The maximum absolute atomic E-state index is 7.25. The number of anilines is 3. The molecule has 280 valence electrons. The number of rotatable bonds is 5. The third-order valence-electron chi connectivity index (χ3n) is 13.0. The molecule has 0 aromatic heterocycles. The van der Waals surface area contributed by atoms with Gasteiger partial charge in [-0.05, 0) is 115 Å². The molecule has 10 rings (SSSR count). The number of nitrogens with zero attached hydrogens (tertiary/aromatic N) is 1. The smallest absolute Gasteiger partial charge is 0.251 e. The Morgan fingerprint density at radius 2 is 1.02 bits per heavy atom. The first-order valence-corrected chi connectivity index (χ1v) is 22.9. The summed E-state index contributed by atoms with van der Waals surface area (Å²) >= 11 is 0. The zero-order valence-corrected chi connectivity index (χ0v) is 35.4. The maximum atomic E-state index is 7.25. The van der Waals surface area contributed by atoms with Crippen LogP contribution in [-0.4, -0.2) is 14.8 Å². The van der Waals surface area contributed by atoms with Gasteiger partial charge in [-0.3, -0.25) is 0 Å². The van der Waals surface area contributed by atoms with Gasteiger partial charge >= 0.3 is 0 Å². The Hall–Kier alpha value is -5.58. The fourth-order valence-electron chi connectivity index (χ4n) is 10.4. The highest BCUT2D eigenvalue weighted by atomic mass is 28.3. The maximum Gasteiger partial charge on any atom is 0.251 e. The molecule has 0 saturated heterocycles. The van der Waals surface area contributed by atoms with Crippen LogP contribution < -0.4 is 46.8 Å². The van der Waals surface area contributed by atoms with Crippen LogP contribution in [0.25, 0.3) is 11.1 Å². The van der Waals surface area contributed by atoms with Crippen LogP contribution in [0.5, 0.6) is 11.5 Å². The van der Waals surface area contributed by atoms with E-state index in [1.807, 2.05) is 0 Å². The molecule has 0 N–H and O–H groups in total. The van der Waals surface area contributed by atoms with E-state index in [4.69, 9.17) is 4.74 Å². The van der Waals surface area contributed by atoms with E-state index in [2.05, 4.69) is 200 Å². The third kappa shape index (κ3) is 5.16. The van der Waals surface area contributed by atoms with Gasteiger partial charge in [0, 0.05) is 11.4 Å². The summed E-state index contributed by atoms with van der Waals surface area (Å²) in [6, 6.07) is 53.5. The number of aryl methyl sites for hydroxylation is 2. The van der Waals surface area contributed by atoms with Gasteiger partial charge in [-0.25, -0.2) is 0 Å². The molecule has 7 aromatic carbocycles. The molecular formula is C53H50BNOSi. The van der Waals surface area contributed by atoms with E-state index >= 15 is 0 Å². The number of ether oxygens (including phenoxy) is 1. The van der Waals surface area contributed by atoms with E-state index in [1.54, 1.807) is 0 Å². The zero-order valence-electron chi connectivity index (χ0n) is 34.4. The minimum Gasteiger partial charge on any atom is -0.456 e. The van der Waals surface area contributed by atoms with E-state index in [0.29, 0.717) is 17.8 Å². The van der Waals surface area contributed by atoms with Crippen LogP contribution in [0.15, 0.2) is 140 Å². The molecule has 0 fully saturated rings. The first kappa shape index (κ1) is 35.8. The molecule has 0 aliphatic carbocycles. The van der Waals surface area contributed by atoms with Gasteiger partial charge < -0.3 is 9.64 Å². The fraction of sp³-hybridized carbons (Fsp3) is 0.208. The van der Waals surface area contributed by atoms with Gasteiger partial charge in [0.05, 0.1) is 5.69 Å². The Morgan fingerprint density at radius 1 is 0.491 bits per heavy atom. The van der Waals surface area contributed by atoms with Crippen molar-refractivity contribution in [3.63, 3.8) is 0 Å². The fourth-order valence-corrected chi connectivity index (χ4v) is 16.2. The number of fused-ring (bicyclic) bond motifs is 11. The predicted octanol–water partition coefficient (Wildman–Crippen LogP) is 9.44. The molecule has 0 bridgehead atoms. The lowest BCUT2D eigenvalue weighted by Crippen LogP contribution is -2.75. The lowest BCUT2D eigenvalue weighted by molar-refractivity contribution is 0.488. The van der Waals surface area contributed by atoms with E-state index < -0.39 is 8.07 Å². The number of hydrogen-bond acceptors (Lipinski definition) is 2. The largest absolute Gasteiger partial charge is 0.456 e. The quantitative estimate of drug-likeness (QED) is 0.163. The lowest BCUT2D eigenvalue weighted by Gasteiger charge is -2.44. The van der Waals surface area contributed by atoms with Crippen LogP contribution in [0.3, 0.4) is 0 Å². The highest BCUT2D eigenvalue weighted by Crippen LogP contribution is 2.46. The van der Waals surface area contributed by atoms with E-state index in [-0.39, 0.29) is 6.71 Å². The molecule has 3 heterocycles. The normalized spacial score (nSPS) is 14.3. The Balaban J connectivity index is 1.28. The van der Waals surface area contributed by atoms with Gasteiger partial charge in [0.25, 0.3) is 6.71 Å². The van der Waals surface area contributed by atoms with Crippen LogP contribution in [-0.2, 0) is 0 Å². The van der Waals surface area contributed by atoms with Crippen molar-refractivity contribution in [3.05, 3.63) is 167 Å². The summed E-state index contributed by atoms with van der Waals surface area (Å²) in [7, 11) is -2.74. The van der Waals surface area contributed by atoms with Crippen molar-refractivity contribution in [3.8, 4) is 22.6 Å². The second-order valence-electron chi connectivity index (χ2n) is 17.6. The highest BCUT2D eigenvalue weighted by molar-refractivity contribution is 7.23. The van der Waals surface area contributed by atoms with E-state index in [1.165, 1.54) is 87.5 Å². The van der Waals surface area contributed by atoms with Crippen LogP contribution in [0, 0.1) is 13.8 Å². The Labute approximate surface area is 340 Å². The molecule has 2 nitrogen and oxygen atoms in total. The summed E-state index contributed by atoms with van der Waals surface area (Å²) in [6.45, 7) is 18.6. The summed E-state index contributed by atoms with van der Waals surface area (Å²) in [5, 5.41) is 5.85. The summed E-state index contributed by atoms with van der Waals surface area (Å²) in [4.78, 5) is 2.55. The van der Waals surface area contributed by atoms with Crippen molar-refractivity contribution < 1.29 is 4.74 Å². The van der Waals surface area contributed by atoms with Crippen LogP contribution in [0.2, 0.25) is 0 Å². The van der Waals surface area contributed by atoms with Crippen molar-refractivity contribution in [1.29, 1.82) is 0 Å². The molecule has 0 atom stereocenters. The van der Waals surface area contributed by atoms with Gasteiger partial charge in [0.15, 0.2) is 8.07 Å². The molecule has 7 aromatic rings. The highest BCUT2D eigenvalue weighted by Gasteiger charge is 2.54. The SMILES string of the molecule is Cc1ccc2c(c1)[Si]1(c3ccccc3-c3ccccc31)c1cc(C)ccc1N2c1cccc2c1Oc1ccccc1B2c1c(C(C)C)cc(C(C)C)cc1C(C)C. The molecule has 0 radical (unpaired) electrons. The van der Waals surface area contributed by atoms with Gasteiger partial charge in [0.2, 0.25) is 0 Å². The predicted molar refractivity (Wildman–Crippen MR) is 247 cm³/mol. The van der Waals surface area contributed by atoms with Gasteiger partial charge in [-0.15, -0.1) is 0 Å². The Bertz CT molecular complexity index is 2630. The monoisotopic (exact) mass is 755 g/mol. The standard InChI is InChI=1S/C53H50BNOSi/c1-32(2)37-30-40(33(3)4)52(41(31-37)34(5)6)54-42-18-11-12-21-47(42)56-53-43(54)19-15-20-46(53)55-44-26-24-35(7)28-50(44)57(51-29-36(8)25-27-45(51)55)48-22-13-9-16-38(48)39-17-10-14-23-49(39)57/h9-34H,1-8H3. The molecule has 0 unspecified atom stereocenters. The molecule has 4 heteroatoms. The minimum absolute atomic E-state index is 0.0231. The Morgan fingerprint density at radius 3 is 1.58 bits per heavy atom. The second kappa shape index (κ2) is 13.2. The average Bonchev–Trinajstić information content (AvgIpc) is 3.50. The van der Waals surface area contributed by atoms with Crippen molar-refractivity contribution in [2.45, 2.75) is 73.1 Å². The van der Waals surface area contributed by atoms with Crippen molar-refractivity contribution in [2.24, 2.45) is 0 Å². The molecule has 0 saturated carbocycles. The molecule has 57 heavy (non-hydrogen) atoms. The molecular weight excluding hydrogens is 705 g/mol. The summed E-state index contributed by atoms with van der Waals surface area (Å²) < 4.78 is 7.25. The summed E-state index contributed by atoms with van der Waals surface area (Å²) in [6.07, 6.45) is 0. The minimum atomic E-state index is -2.74. The van der Waals surface area contributed by atoms with E-state index in [9.17, 15) is 0 Å². The van der Waals surface area contributed by atoms with Crippen molar-refractivity contribution >= 4 is 69.0 Å². The summed E-state index contributed by atoms with van der Waals surface area (Å²) in [5.74, 6) is 3.06. The third-order valence-corrected chi connectivity index (χ3v) is 17.9. The average molecular weight is 756 g/mol. The number of para-hydroxylation sites is 2. The first-order valence-electron chi connectivity index (χ1n) is 20.9. The van der Waals surface area contributed by atoms with Gasteiger partial charge in [0.1, 0.15) is 11.5 Å². The molecule has 0 amide bonds. The van der Waals surface area contributed by atoms with Crippen LogP contribution in [0.4, 0.5) is 17.1 Å². The zero-order chi connectivity index (χ0) is 39.3. The summed E-state index contributed by atoms with van der Waals surface area (Å²) in [5.41, 5.74) is 17.1. The molecule has 3 aliphatic rings. The van der Waals surface area contributed by atoms with Crippen LogP contribution in [0.1, 0.15) is 87.1 Å². The lowest BCUT2D eigenvalue weighted by atomic mass is 9.33.